The average molecular weight is 309 g/mol. The van der Waals surface area contributed by atoms with Gasteiger partial charge in [-0.3, -0.25) is 4.79 Å². The fraction of sp³-hybridized carbons (Fsp3) is 0.533. The third kappa shape index (κ3) is 2.90. The lowest BCUT2D eigenvalue weighted by atomic mass is 9.79. The Bertz CT molecular complexity index is 580. The van der Waals surface area contributed by atoms with Crippen LogP contribution in [0.3, 0.4) is 0 Å². The van der Waals surface area contributed by atoms with Gasteiger partial charge in [0, 0.05) is 15.9 Å². The summed E-state index contributed by atoms with van der Waals surface area (Å²) in [6.07, 6.45) is 3.66. The van der Waals surface area contributed by atoms with Crippen molar-refractivity contribution in [1.29, 1.82) is 0 Å². The molecule has 2 aromatic heterocycles. The molecule has 2 heterocycles. The van der Waals surface area contributed by atoms with Crippen LogP contribution in [0.1, 0.15) is 42.3 Å². The lowest BCUT2D eigenvalue weighted by Crippen LogP contribution is -2.45. The topological polar surface area (TPSA) is 49.3 Å². The van der Waals surface area contributed by atoms with Crippen LogP contribution in [0.2, 0.25) is 0 Å². The molecule has 0 aromatic carbocycles. The average Bonchev–Trinajstić information content (AvgIpc) is 3.01. The molecule has 108 valence electrons. The molecule has 5 heteroatoms. The van der Waals surface area contributed by atoms with Gasteiger partial charge in [0.15, 0.2) is 0 Å². The summed E-state index contributed by atoms with van der Waals surface area (Å²) in [4.78, 5) is 12.9. The van der Waals surface area contributed by atoms with E-state index in [1.807, 2.05) is 17.5 Å². The van der Waals surface area contributed by atoms with E-state index in [9.17, 15) is 9.90 Å². The SMILES string of the molecule is CC1CCC(O)(CNC(=O)c2cc3sccc3s2)CC1. The zero-order valence-electron chi connectivity index (χ0n) is 11.5. The highest BCUT2D eigenvalue weighted by molar-refractivity contribution is 7.27. The second kappa shape index (κ2) is 5.47. The number of carbonyl (C=O) groups excluding carboxylic acids is 1. The molecule has 20 heavy (non-hydrogen) atoms. The van der Waals surface area contributed by atoms with Gasteiger partial charge in [-0.05, 0) is 49.1 Å². The highest BCUT2D eigenvalue weighted by Gasteiger charge is 2.32. The molecule has 0 aliphatic heterocycles. The highest BCUT2D eigenvalue weighted by Crippen LogP contribution is 2.32. The van der Waals surface area contributed by atoms with Gasteiger partial charge >= 0.3 is 0 Å². The van der Waals surface area contributed by atoms with Crippen molar-refractivity contribution in [3.63, 3.8) is 0 Å². The van der Waals surface area contributed by atoms with E-state index in [1.165, 1.54) is 11.3 Å². The summed E-state index contributed by atoms with van der Waals surface area (Å²) in [5, 5.41) is 15.4. The van der Waals surface area contributed by atoms with E-state index in [0.29, 0.717) is 12.5 Å². The summed E-state index contributed by atoms with van der Waals surface area (Å²) in [6, 6.07) is 3.98. The number of aliphatic hydroxyl groups is 1. The number of hydrogen-bond acceptors (Lipinski definition) is 4. The standard InChI is InChI=1S/C15H19NO2S2/c1-10-2-5-15(18,6-3-10)9-16-14(17)13-8-12-11(20-13)4-7-19-12/h4,7-8,10,18H,2-3,5-6,9H2,1H3,(H,16,17). The van der Waals surface area contributed by atoms with Crippen LogP contribution in [-0.2, 0) is 0 Å². The minimum Gasteiger partial charge on any atom is -0.388 e. The molecule has 3 nitrogen and oxygen atoms in total. The van der Waals surface area contributed by atoms with Crippen LogP contribution in [0.5, 0.6) is 0 Å². The molecule has 2 N–H and O–H groups in total. The Kier molecular flexibility index (Phi) is 3.84. The third-order valence-electron chi connectivity index (χ3n) is 4.15. The number of hydrogen-bond donors (Lipinski definition) is 2. The van der Waals surface area contributed by atoms with E-state index in [1.54, 1.807) is 11.3 Å². The second-order valence-electron chi connectivity index (χ2n) is 5.85. The predicted octanol–water partition coefficient (Wildman–Crippen LogP) is 3.63. The van der Waals surface area contributed by atoms with Gasteiger partial charge < -0.3 is 10.4 Å². The molecule has 2 aromatic rings. The Morgan fingerprint density at radius 1 is 1.45 bits per heavy atom. The van der Waals surface area contributed by atoms with Crippen molar-refractivity contribution >= 4 is 38.0 Å². The van der Waals surface area contributed by atoms with Gasteiger partial charge in [0.05, 0.1) is 10.5 Å². The van der Waals surface area contributed by atoms with Gasteiger partial charge in [0.2, 0.25) is 0 Å². The summed E-state index contributed by atoms with van der Waals surface area (Å²) in [5.41, 5.74) is -0.711. The quantitative estimate of drug-likeness (QED) is 0.909. The Morgan fingerprint density at radius 2 is 2.20 bits per heavy atom. The molecule has 0 atom stereocenters. The van der Waals surface area contributed by atoms with Crippen molar-refractivity contribution in [2.24, 2.45) is 5.92 Å². The zero-order valence-corrected chi connectivity index (χ0v) is 13.1. The summed E-state index contributed by atoms with van der Waals surface area (Å²) in [7, 11) is 0. The van der Waals surface area contributed by atoms with Crippen molar-refractivity contribution in [2.45, 2.75) is 38.2 Å². The maximum Gasteiger partial charge on any atom is 0.261 e. The predicted molar refractivity (Wildman–Crippen MR) is 84.6 cm³/mol. The molecule has 1 amide bonds. The molecular weight excluding hydrogens is 290 g/mol. The molecule has 1 aliphatic rings. The van der Waals surface area contributed by atoms with Crippen molar-refractivity contribution in [1.82, 2.24) is 5.32 Å². The normalized spacial score (nSPS) is 26.8. The minimum absolute atomic E-state index is 0.0644. The van der Waals surface area contributed by atoms with E-state index in [2.05, 4.69) is 12.2 Å². The molecule has 3 rings (SSSR count). The van der Waals surface area contributed by atoms with Gasteiger partial charge in [0.1, 0.15) is 0 Å². The number of thiophene rings is 2. The maximum atomic E-state index is 12.2. The molecular formula is C15H19NO2S2. The van der Waals surface area contributed by atoms with E-state index < -0.39 is 5.60 Å². The largest absolute Gasteiger partial charge is 0.388 e. The summed E-state index contributed by atoms with van der Waals surface area (Å²) in [5.74, 6) is 0.625. The van der Waals surface area contributed by atoms with Crippen molar-refractivity contribution in [2.75, 3.05) is 6.54 Å². The van der Waals surface area contributed by atoms with E-state index in [4.69, 9.17) is 0 Å². The van der Waals surface area contributed by atoms with Crippen LogP contribution in [0, 0.1) is 5.92 Å². The Morgan fingerprint density at radius 3 is 2.90 bits per heavy atom. The van der Waals surface area contributed by atoms with Crippen LogP contribution in [0.4, 0.5) is 0 Å². The van der Waals surface area contributed by atoms with Gasteiger partial charge in [-0.1, -0.05) is 6.92 Å². The van der Waals surface area contributed by atoms with Crippen molar-refractivity contribution in [3.8, 4) is 0 Å². The first kappa shape index (κ1) is 14.0. The van der Waals surface area contributed by atoms with Crippen LogP contribution in [-0.4, -0.2) is 23.2 Å². The summed E-state index contributed by atoms with van der Waals surface area (Å²) < 4.78 is 2.32. The third-order valence-corrected chi connectivity index (χ3v) is 6.24. The summed E-state index contributed by atoms with van der Waals surface area (Å²) in [6.45, 7) is 2.58. The van der Waals surface area contributed by atoms with Crippen LogP contribution < -0.4 is 5.32 Å². The first-order chi connectivity index (χ1) is 9.56. The first-order valence-electron chi connectivity index (χ1n) is 7.03. The smallest absolute Gasteiger partial charge is 0.261 e. The van der Waals surface area contributed by atoms with Gasteiger partial charge in [-0.2, -0.15) is 0 Å². The van der Waals surface area contributed by atoms with Gasteiger partial charge in [-0.15, -0.1) is 22.7 Å². The molecule has 0 bridgehead atoms. The number of fused-ring (bicyclic) bond motifs is 1. The molecule has 1 saturated carbocycles. The minimum atomic E-state index is -0.711. The lowest BCUT2D eigenvalue weighted by Gasteiger charge is -2.34. The fourth-order valence-corrected chi connectivity index (χ4v) is 4.71. The maximum absolute atomic E-state index is 12.2. The number of nitrogens with one attached hydrogen (secondary N) is 1. The number of rotatable bonds is 3. The lowest BCUT2D eigenvalue weighted by molar-refractivity contribution is -0.00536. The Hall–Kier alpha value is -0.910. The second-order valence-corrected chi connectivity index (χ2v) is 7.88. The van der Waals surface area contributed by atoms with E-state index in [-0.39, 0.29) is 5.91 Å². The Balaban J connectivity index is 1.60. The molecule has 0 saturated heterocycles. The molecule has 1 fully saturated rings. The van der Waals surface area contributed by atoms with E-state index >= 15 is 0 Å². The molecule has 0 unspecified atom stereocenters. The zero-order chi connectivity index (χ0) is 14.2. The van der Waals surface area contributed by atoms with Gasteiger partial charge in [0.25, 0.3) is 5.91 Å². The summed E-state index contributed by atoms with van der Waals surface area (Å²) >= 11 is 3.17. The van der Waals surface area contributed by atoms with Crippen LogP contribution >= 0.6 is 22.7 Å². The Labute approximate surface area is 126 Å². The fourth-order valence-electron chi connectivity index (χ4n) is 2.69. The highest BCUT2D eigenvalue weighted by atomic mass is 32.1. The number of carbonyl (C=O) groups is 1. The van der Waals surface area contributed by atoms with E-state index in [0.717, 1.165) is 40.0 Å². The van der Waals surface area contributed by atoms with Crippen LogP contribution in [0.25, 0.3) is 9.40 Å². The number of amides is 1. The van der Waals surface area contributed by atoms with Crippen molar-refractivity contribution in [3.05, 3.63) is 22.4 Å². The monoisotopic (exact) mass is 309 g/mol. The molecule has 0 spiro atoms. The first-order valence-corrected chi connectivity index (χ1v) is 8.73. The molecule has 1 aliphatic carbocycles. The molecule has 0 radical (unpaired) electrons. The van der Waals surface area contributed by atoms with Crippen molar-refractivity contribution < 1.29 is 9.90 Å². The van der Waals surface area contributed by atoms with Crippen LogP contribution in [0.15, 0.2) is 17.5 Å². The van der Waals surface area contributed by atoms with Gasteiger partial charge in [-0.25, -0.2) is 0 Å².